The Hall–Kier alpha value is -1.11. The molecule has 0 aromatic heterocycles. The third-order valence-electron chi connectivity index (χ3n) is 2.33. The van der Waals surface area contributed by atoms with Crippen molar-refractivity contribution >= 4 is 9.84 Å². The first-order valence-corrected chi connectivity index (χ1v) is 7.07. The minimum absolute atomic E-state index is 0.0159. The summed E-state index contributed by atoms with van der Waals surface area (Å²) in [4.78, 5) is 0.261. The molecule has 0 saturated heterocycles. The molecule has 2 N–H and O–H groups in total. The summed E-state index contributed by atoms with van der Waals surface area (Å²) in [5, 5.41) is 11.8. The summed E-state index contributed by atoms with van der Waals surface area (Å²) < 4.78 is 27.8. The van der Waals surface area contributed by atoms with Crippen molar-refractivity contribution in [2.75, 3.05) is 26.5 Å². The predicted molar refractivity (Wildman–Crippen MR) is 65.0 cm³/mol. The van der Waals surface area contributed by atoms with Crippen LogP contribution in [-0.4, -0.2) is 46.1 Å². The van der Waals surface area contributed by atoms with Crippen LogP contribution in [-0.2, 0) is 9.84 Å². The number of aliphatic hydroxyl groups excluding tert-OH is 1. The van der Waals surface area contributed by atoms with Crippen LogP contribution in [0.4, 0.5) is 0 Å². The van der Waals surface area contributed by atoms with Gasteiger partial charge in [0.15, 0.2) is 9.84 Å². The van der Waals surface area contributed by atoms with Gasteiger partial charge in [-0.05, 0) is 31.3 Å². The molecular weight excluding hydrogens is 242 g/mol. The predicted octanol–water partition coefficient (Wildman–Crippen LogP) is 0.0492. The fourth-order valence-corrected chi connectivity index (χ4v) is 1.84. The van der Waals surface area contributed by atoms with Crippen LogP contribution < -0.4 is 10.1 Å². The van der Waals surface area contributed by atoms with Crippen LogP contribution >= 0.6 is 0 Å². The minimum atomic E-state index is -3.17. The fraction of sp³-hybridized carbons (Fsp3) is 0.455. The quantitative estimate of drug-likeness (QED) is 0.755. The van der Waals surface area contributed by atoms with Crippen molar-refractivity contribution in [3.8, 4) is 5.75 Å². The van der Waals surface area contributed by atoms with E-state index in [-0.39, 0.29) is 17.5 Å². The molecule has 6 heteroatoms. The Kier molecular flexibility index (Phi) is 4.92. The van der Waals surface area contributed by atoms with Crippen molar-refractivity contribution < 1.29 is 18.3 Å². The molecule has 1 unspecified atom stereocenters. The summed E-state index contributed by atoms with van der Waals surface area (Å²) in [5.74, 6) is 0.575. The summed E-state index contributed by atoms with van der Waals surface area (Å²) >= 11 is 0. The van der Waals surface area contributed by atoms with Crippen LogP contribution in [0, 0.1) is 0 Å². The maximum Gasteiger partial charge on any atom is 0.175 e. The van der Waals surface area contributed by atoms with Gasteiger partial charge in [0, 0.05) is 6.26 Å². The van der Waals surface area contributed by atoms with Crippen molar-refractivity contribution in [2.24, 2.45) is 0 Å². The van der Waals surface area contributed by atoms with Gasteiger partial charge in [0.1, 0.15) is 12.4 Å². The molecule has 0 radical (unpaired) electrons. The first-order valence-electron chi connectivity index (χ1n) is 5.18. The maximum absolute atomic E-state index is 11.2. The van der Waals surface area contributed by atoms with Gasteiger partial charge in [-0.3, -0.25) is 0 Å². The second-order valence-electron chi connectivity index (χ2n) is 3.72. The van der Waals surface area contributed by atoms with E-state index in [9.17, 15) is 8.42 Å². The third kappa shape index (κ3) is 4.33. The molecule has 0 heterocycles. The zero-order valence-electron chi connectivity index (χ0n) is 9.88. The van der Waals surface area contributed by atoms with Crippen LogP contribution in [0.2, 0.25) is 0 Å². The smallest absolute Gasteiger partial charge is 0.175 e. The maximum atomic E-state index is 11.2. The van der Waals surface area contributed by atoms with Gasteiger partial charge in [0.05, 0.1) is 17.5 Å². The highest BCUT2D eigenvalue weighted by atomic mass is 32.2. The average Bonchev–Trinajstić information content (AvgIpc) is 2.30. The molecule has 1 aromatic rings. The van der Waals surface area contributed by atoms with Gasteiger partial charge < -0.3 is 15.2 Å². The second-order valence-corrected chi connectivity index (χ2v) is 5.74. The van der Waals surface area contributed by atoms with Crippen molar-refractivity contribution in [1.29, 1.82) is 0 Å². The van der Waals surface area contributed by atoms with E-state index in [0.717, 1.165) is 6.26 Å². The normalized spacial score (nSPS) is 13.4. The summed E-state index contributed by atoms with van der Waals surface area (Å²) in [6, 6.07) is 6.06. The Morgan fingerprint density at radius 2 is 1.94 bits per heavy atom. The number of aliphatic hydroxyl groups is 1. The zero-order chi connectivity index (χ0) is 12.9. The molecule has 17 heavy (non-hydrogen) atoms. The van der Waals surface area contributed by atoms with Crippen LogP contribution in [0.25, 0.3) is 0 Å². The molecular formula is C11H17NO4S. The van der Waals surface area contributed by atoms with Crippen LogP contribution in [0.3, 0.4) is 0 Å². The first kappa shape index (κ1) is 14.0. The molecule has 0 amide bonds. The van der Waals surface area contributed by atoms with Crippen LogP contribution in [0.15, 0.2) is 29.2 Å². The highest BCUT2D eigenvalue weighted by Gasteiger charge is 2.08. The van der Waals surface area contributed by atoms with Gasteiger partial charge in [-0.15, -0.1) is 0 Å². The van der Waals surface area contributed by atoms with Gasteiger partial charge in [-0.1, -0.05) is 0 Å². The molecule has 0 fully saturated rings. The lowest BCUT2D eigenvalue weighted by molar-refractivity contribution is 0.189. The summed E-state index contributed by atoms with van der Waals surface area (Å²) in [6.07, 6.45) is 1.16. The van der Waals surface area contributed by atoms with E-state index in [0.29, 0.717) is 12.4 Å². The van der Waals surface area contributed by atoms with Crippen molar-refractivity contribution in [3.63, 3.8) is 0 Å². The van der Waals surface area contributed by atoms with Gasteiger partial charge in [0.25, 0.3) is 0 Å². The largest absolute Gasteiger partial charge is 0.492 e. The molecule has 0 spiro atoms. The average molecular weight is 259 g/mol. The Balaban J connectivity index is 2.63. The molecule has 0 aliphatic carbocycles. The minimum Gasteiger partial charge on any atom is -0.492 e. The van der Waals surface area contributed by atoms with E-state index >= 15 is 0 Å². The zero-order valence-corrected chi connectivity index (χ0v) is 10.7. The van der Waals surface area contributed by atoms with Crippen molar-refractivity contribution in [3.05, 3.63) is 24.3 Å². The number of sulfone groups is 1. The van der Waals surface area contributed by atoms with E-state index in [4.69, 9.17) is 9.84 Å². The van der Waals surface area contributed by atoms with E-state index < -0.39 is 9.84 Å². The lowest BCUT2D eigenvalue weighted by Gasteiger charge is -2.14. The molecule has 1 rings (SSSR count). The SMILES string of the molecule is CNC(CO)COc1ccc(S(C)(=O)=O)cc1. The lowest BCUT2D eigenvalue weighted by Crippen LogP contribution is -2.34. The number of hydrogen-bond acceptors (Lipinski definition) is 5. The monoisotopic (exact) mass is 259 g/mol. The molecule has 96 valence electrons. The Bertz CT molecular complexity index is 437. The molecule has 0 saturated carbocycles. The summed E-state index contributed by atoms with van der Waals surface area (Å²) in [7, 11) is -1.43. The topological polar surface area (TPSA) is 75.6 Å². The van der Waals surface area contributed by atoms with Crippen LogP contribution in [0.1, 0.15) is 0 Å². The molecule has 5 nitrogen and oxygen atoms in total. The van der Waals surface area contributed by atoms with Crippen molar-refractivity contribution in [1.82, 2.24) is 5.32 Å². The fourth-order valence-electron chi connectivity index (χ4n) is 1.21. The standard InChI is InChI=1S/C11H17NO4S/c1-12-9(7-13)8-16-10-3-5-11(6-4-10)17(2,14)15/h3-6,9,12-13H,7-8H2,1-2H3. The van der Waals surface area contributed by atoms with Gasteiger partial charge in [-0.2, -0.15) is 0 Å². The highest BCUT2D eigenvalue weighted by Crippen LogP contribution is 2.15. The Labute approximate surface area is 101 Å². The number of rotatable bonds is 6. The van der Waals surface area contributed by atoms with E-state index in [2.05, 4.69) is 5.32 Å². The summed E-state index contributed by atoms with van der Waals surface area (Å²) in [5.41, 5.74) is 0. The van der Waals surface area contributed by atoms with Gasteiger partial charge in [-0.25, -0.2) is 8.42 Å². The Morgan fingerprint density at radius 3 is 2.35 bits per heavy atom. The van der Waals surface area contributed by atoms with E-state index in [1.54, 1.807) is 19.2 Å². The number of likely N-dealkylation sites (N-methyl/N-ethyl adjacent to an activating group) is 1. The molecule has 0 aliphatic rings. The Morgan fingerprint density at radius 1 is 1.35 bits per heavy atom. The summed E-state index contributed by atoms with van der Waals surface area (Å²) in [6.45, 7) is 0.309. The molecule has 0 bridgehead atoms. The third-order valence-corrected chi connectivity index (χ3v) is 3.46. The molecule has 1 aromatic carbocycles. The lowest BCUT2D eigenvalue weighted by atomic mass is 10.3. The second kappa shape index (κ2) is 6.00. The number of ether oxygens (including phenoxy) is 1. The number of hydrogen-bond donors (Lipinski definition) is 2. The van der Waals surface area contributed by atoms with E-state index in [1.165, 1.54) is 12.1 Å². The molecule has 1 atom stereocenters. The number of nitrogens with one attached hydrogen (secondary N) is 1. The van der Waals surface area contributed by atoms with Crippen LogP contribution in [0.5, 0.6) is 5.75 Å². The van der Waals surface area contributed by atoms with Crippen molar-refractivity contribution in [2.45, 2.75) is 10.9 Å². The highest BCUT2D eigenvalue weighted by molar-refractivity contribution is 7.90. The first-order chi connectivity index (χ1) is 7.97. The van der Waals surface area contributed by atoms with Gasteiger partial charge >= 0.3 is 0 Å². The number of benzene rings is 1. The van der Waals surface area contributed by atoms with Gasteiger partial charge in [0.2, 0.25) is 0 Å². The molecule has 0 aliphatic heterocycles. The van der Waals surface area contributed by atoms with E-state index in [1.807, 2.05) is 0 Å².